The van der Waals surface area contributed by atoms with Gasteiger partial charge in [-0.1, -0.05) is 0 Å². The van der Waals surface area contributed by atoms with E-state index < -0.39 is 0 Å². The Hall–Kier alpha value is -1.43. The van der Waals surface area contributed by atoms with Crippen LogP contribution in [0.4, 0.5) is 0 Å². The minimum atomic E-state index is -0.303. The van der Waals surface area contributed by atoms with Gasteiger partial charge in [0.2, 0.25) is 5.91 Å². The van der Waals surface area contributed by atoms with Gasteiger partial charge in [0.25, 0.3) is 0 Å². The fourth-order valence-electron chi connectivity index (χ4n) is 2.13. The molecular weight excluding hydrogens is 220 g/mol. The van der Waals surface area contributed by atoms with E-state index in [1.165, 1.54) is 6.33 Å². The number of aliphatic hydroxyl groups excluding tert-OH is 1. The molecule has 2 rings (SSSR count). The molecule has 6 nitrogen and oxygen atoms in total. The van der Waals surface area contributed by atoms with Crippen molar-refractivity contribution in [2.24, 2.45) is 5.92 Å². The van der Waals surface area contributed by atoms with Crippen LogP contribution in [-0.2, 0) is 4.79 Å². The summed E-state index contributed by atoms with van der Waals surface area (Å²) < 4.78 is 1.57. The average molecular weight is 238 g/mol. The van der Waals surface area contributed by atoms with E-state index in [4.69, 9.17) is 5.11 Å². The Morgan fingerprint density at radius 1 is 1.53 bits per heavy atom. The summed E-state index contributed by atoms with van der Waals surface area (Å²) in [6.45, 7) is 3.50. The first-order chi connectivity index (χ1) is 8.22. The van der Waals surface area contributed by atoms with Gasteiger partial charge < -0.3 is 10.0 Å². The second-order valence-electron chi connectivity index (χ2n) is 4.50. The normalized spacial score (nSPS) is 19.3. The molecule has 1 saturated heterocycles. The van der Waals surface area contributed by atoms with Crippen molar-refractivity contribution >= 4 is 5.91 Å². The lowest BCUT2D eigenvalue weighted by molar-refractivity contribution is -0.136. The first kappa shape index (κ1) is 12.0. The van der Waals surface area contributed by atoms with Crippen molar-refractivity contribution in [3.63, 3.8) is 0 Å². The number of piperidine rings is 1. The van der Waals surface area contributed by atoms with Gasteiger partial charge in [-0.25, -0.2) is 9.67 Å². The topological polar surface area (TPSA) is 71.2 Å². The summed E-state index contributed by atoms with van der Waals surface area (Å²) in [4.78, 5) is 17.9. The molecule has 6 heteroatoms. The molecule has 0 radical (unpaired) electrons. The van der Waals surface area contributed by atoms with Crippen molar-refractivity contribution in [2.45, 2.75) is 25.8 Å². The number of likely N-dealkylation sites (tertiary alicyclic amines) is 1. The molecule has 0 aromatic carbocycles. The number of nitrogens with zero attached hydrogens (tertiary/aromatic N) is 4. The Morgan fingerprint density at radius 3 is 2.76 bits per heavy atom. The molecule has 0 bridgehead atoms. The van der Waals surface area contributed by atoms with Crippen molar-refractivity contribution in [2.75, 3.05) is 19.7 Å². The maximum absolute atomic E-state index is 12.2. The molecular formula is C11H18N4O2. The summed E-state index contributed by atoms with van der Waals surface area (Å²) in [5, 5.41) is 13.0. The van der Waals surface area contributed by atoms with Gasteiger partial charge in [-0.3, -0.25) is 4.79 Å². The lowest BCUT2D eigenvalue weighted by Gasteiger charge is -2.32. The highest BCUT2D eigenvalue weighted by molar-refractivity contribution is 5.80. The van der Waals surface area contributed by atoms with Gasteiger partial charge in [0, 0.05) is 19.7 Å². The van der Waals surface area contributed by atoms with E-state index in [0.29, 0.717) is 5.92 Å². The molecule has 1 N–H and O–H groups in total. The number of aromatic nitrogens is 3. The van der Waals surface area contributed by atoms with Gasteiger partial charge in [0.15, 0.2) is 0 Å². The van der Waals surface area contributed by atoms with Crippen LogP contribution in [0, 0.1) is 5.92 Å². The Morgan fingerprint density at radius 2 is 2.24 bits per heavy atom. The van der Waals surface area contributed by atoms with E-state index in [2.05, 4.69) is 10.1 Å². The number of hydrogen-bond donors (Lipinski definition) is 1. The molecule has 1 fully saturated rings. The van der Waals surface area contributed by atoms with Crippen molar-refractivity contribution in [3.8, 4) is 0 Å². The van der Waals surface area contributed by atoms with E-state index in [1.807, 2.05) is 11.8 Å². The molecule has 1 aromatic heterocycles. The summed E-state index contributed by atoms with van der Waals surface area (Å²) in [7, 11) is 0. The monoisotopic (exact) mass is 238 g/mol. The van der Waals surface area contributed by atoms with Crippen LogP contribution in [0.15, 0.2) is 12.7 Å². The second kappa shape index (κ2) is 5.27. The van der Waals surface area contributed by atoms with Crippen molar-refractivity contribution < 1.29 is 9.90 Å². The Labute approximate surface area is 100 Å². The lowest BCUT2D eigenvalue weighted by Crippen LogP contribution is -2.42. The number of carbonyl (C=O) groups excluding carboxylic acids is 1. The Kier molecular flexibility index (Phi) is 3.73. The van der Waals surface area contributed by atoms with Crippen LogP contribution in [-0.4, -0.2) is 50.4 Å². The Bertz CT molecular complexity index is 358. The van der Waals surface area contributed by atoms with Gasteiger partial charge in [0.05, 0.1) is 0 Å². The molecule has 0 spiro atoms. The van der Waals surface area contributed by atoms with E-state index in [0.717, 1.165) is 25.9 Å². The third-order valence-electron chi connectivity index (χ3n) is 3.38. The molecule has 2 heterocycles. The van der Waals surface area contributed by atoms with Crippen LogP contribution in [0.5, 0.6) is 0 Å². The standard InChI is InChI=1S/C11H18N4O2/c1-9(15-8-12-7-13-15)11(17)14-4-2-10(6-16)3-5-14/h7-10,16H,2-6H2,1H3. The molecule has 1 unspecified atom stereocenters. The third kappa shape index (κ3) is 2.63. The molecule has 1 aliphatic heterocycles. The van der Waals surface area contributed by atoms with E-state index in [9.17, 15) is 4.79 Å². The zero-order chi connectivity index (χ0) is 12.3. The van der Waals surface area contributed by atoms with Gasteiger partial charge in [-0.15, -0.1) is 0 Å². The van der Waals surface area contributed by atoms with Crippen LogP contribution < -0.4 is 0 Å². The fraction of sp³-hybridized carbons (Fsp3) is 0.727. The molecule has 17 heavy (non-hydrogen) atoms. The largest absolute Gasteiger partial charge is 0.396 e. The van der Waals surface area contributed by atoms with Gasteiger partial charge >= 0.3 is 0 Å². The molecule has 1 aromatic rings. The minimum Gasteiger partial charge on any atom is -0.396 e. The average Bonchev–Trinajstić information content (AvgIpc) is 2.91. The molecule has 0 aliphatic carbocycles. The van der Waals surface area contributed by atoms with Crippen molar-refractivity contribution in [1.82, 2.24) is 19.7 Å². The number of rotatable bonds is 3. The predicted octanol–water partition coefficient (Wildman–Crippen LogP) is 0.0700. The molecule has 1 aliphatic rings. The quantitative estimate of drug-likeness (QED) is 0.809. The minimum absolute atomic E-state index is 0.0758. The lowest BCUT2D eigenvalue weighted by atomic mass is 9.97. The maximum atomic E-state index is 12.2. The fourth-order valence-corrected chi connectivity index (χ4v) is 2.13. The summed E-state index contributed by atoms with van der Waals surface area (Å²) in [6, 6.07) is -0.303. The summed E-state index contributed by atoms with van der Waals surface area (Å²) >= 11 is 0. The van der Waals surface area contributed by atoms with Crippen LogP contribution in [0.2, 0.25) is 0 Å². The maximum Gasteiger partial charge on any atom is 0.247 e. The van der Waals surface area contributed by atoms with E-state index in [1.54, 1.807) is 11.0 Å². The highest BCUT2D eigenvalue weighted by atomic mass is 16.3. The zero-order valence-electron chi connectivity index (χ0n) is 9.99. The highest BCUT2D eigenvalue weighted by Gasteiger charge is 2.26. The van der Waals surface area contributed by atoms with E-state index in [-0.39, 0.29) is 18.6 Å². The number of amides is 1. The zero-order valence-corrected chi connectivity index (χ0v) is 9.99. The number of carbonyl (C=O) groups is 1. The number of aliphatic hydroxyl groups is 1. The SMILES string of the molecule is CC(C(=O)N1CCC(CO)CC1)n1cncn1. The van der Waals surface area contributed by atoms with Crippen LogP contribution in [0.3, 0.4) is 0 Å². The van der Waals surface area contributed by atoms with Crippen LogP contribution in [0.25, 0.3) is 0 Å². The van der Waals surface area contributed by atoms with Crippen LogP contribution in [0.1, 0.15) is 25.8 Å². The molecule has 94 valence electrons. The van der Waals surface area contributed by atoms with E-state index >= 15 is 0 Å². The van der Waals surface area contributed by atoms with Gasteiger partial charge in [0.1, 0.15) is 18.7 Å². The molecule has 0 saturated carbocycles. The molecule has 1 atom stereocenters. The van der Waals surface area contributed by atoms with Crippen molar-refractivity contribution in [1.29, 1.82) is 0 Å². The second-order valence-corrected chi connectivity index (χ2v) is 4.50. The summed E-state index contributed by atoms with van der Waals surface area (Å²) in [6.07, 6.45) is 4.75. The van der Waals surface area contributed by atoms with Crippen LogP contribution >= 0.6 is 0 Å². The summed E-state index contributed by atoms with van der Waals surface area (Å²) in [5.41, 5.74) is 0. The third-order valence-corrected chi connectivity index (χ3v) is 3.38. The predicted molar refractivity (Wildman–Crippen MR) is 61.1 cm³/mol. The molecule has 1 amide bonds. The van der Waals surface area contributed by atoms with Crippen molar-refractivity contribution in [3.05, 3.63) is 12.7 Å². The first-order valence-corrected chi connectivity index (χ1v) is 5.96. The smallest absolute Gasteiger partial charge is 0.247 e. The summed E-state index contributed by atoms with van der Waals surface area (Å²) in [5.74, 6) is 0.424. The first-order valence-electron chi connectivity index (χ1n) is 5.96. The number of hydrogen-bond acceptors (Lipinski definition) is 4. The van der Waals surface area contributed by atoms with Gasteiger partial charge in [-0.05, 0) is 25.7 Å². The Balaban J connectivity index is 1.93. The van der Waals surface area contributed by atoms with Gasteiger partial charge in [-0.2, -0.15) is 5.10 Å². The highest BCUT2D eigenvalue weighted by Crippen LogP contribution is 2.19.